The third-order valence-electron chi connectivity index (χ3n) is 3.56. The highest BCUT2D eigenvalue weighted by Gasteiger charge is 2.28. The molecule has 0 atom stereocenters. The molecule has 0 radical (unpaired) electrons. The number of carbonyl (C=O) groups is 2. The number of nitrogens with zero attached hydrogens (tertiary/aromatic N) is 1. The Kier molecular flexibility index (Phi) is 4.60. The van der Waals surface area contributed by atoms with Gasteiger partial charge in [-0.15, -0.1) is 0 Å². The second kappa shape index (κ2) is 6.22. The van der Waals surface area contributed by atoms with Crippen LogP contribution in [0.2, 0.25) is 5.02 Å². The predicted octanol–water partition coefficient (Wildman–Crippen LogP) is 2.08. The summed E-state index contributed by atoms with van der Waals surface area (Å²) in [4.78, 5) is 25.3. The van der Waals surface area contributed by atoms with Crippen molar-refractivity contribution >= 4 is 23.4 Å². The molecule has 0 saturated carbocycles. The SMILES string of the molecule is CNC(=O)C1CCN(C(=O)c2cc(Cl)ccc2F)CC1. The van der Waals surface area contributed by atoms with Crippen LogP contribution in [0.25, 0.3) is 0 Å². The first-order valence-corrected chi connectivity index (χ1v) is 6.86. The first kappa shape index (κ1) is 14.8. The molecule has 0 aromatic heterocycles. The van der Waals surface area contributed by atoms with Crippen LogP contribution in [-0.4, -0.2) is 36.9 Å². The average Bonchev–Trinajstić information content (AvgIpc) is 2.48. The molecular formula is C14H16ClFN2O2. The number of nitrogens with one attached hydrogen (secondary N) is 1. The summed E-state index contributed by atoms with van der Waals surface area (Å²) < 4.78 is 13.7. The van der Waals surface area contributed by atoms with Crippen molar-refractivity contribution in [2.45, 2.75) is 12.8 Å². The van der Waals surface area contributed by atoms with Crippen molar-refractivity contribution in [3.05, 3.63) is 34.6 Å². The van der Waals surface area contributed by atoms with Gasteiger partial charge in [0.1, 0.15) is 5.82 Å². The van der Waals surface area contributed by atoms with E-state index in [1.165, 1.54) is 18.2 Å². The van der Waals surface area contributed by atoms with E-state index >= 15 is 0 Å². The second-order valence-electron chi connectivity index (χ2n) is 4.80. The van der Waals surface area contributed by atoms with Crippen LogP contribution in [0, 0.1) is 11.7 Å². The number of carbonyl (C=O) groups excluding carboxylic acids is 2. The number of hydrogen-bond donors (Lipinski definition) is 1. The van der Waals surface area contributed by atoms with Crippen LogP contribution < -0.4 is 5.32 Å². The van der Waals surface area contributed by atoms with Crippen LogP contribution >= 0.6 is 11.6 Å². The van der Waals surface area contributed by atoms with Gasteiger partial charge >= 0.3 is 0 Å². The van der Waals surface area contributed by atoms with Crippen LogP contribution in [0.15, 0.2) is 18.2 Å². The van der Waals surface area contributed by atoms with Crippen molar-refractivity contribution in [1.82, 2.24) is 10.2 Å². The van der Waals surface area contributed by atoms with E-state index in [1.807, 2.05) is 0 Å². The zero-order valence-corrected chi connectivity index (χ0v) is 11.9. The van der Waals surface area contributed by atoms with Crippen LogP contribution in [0.3, 0.4) is 0 Å². The van der Waals surface area contributed by atoms with Gasteiger partial charge < -0.3 is 10.2 Å². The maximum atomic E-state index is 13.7. The van der Waals surface area contributed by atoms with Gasteiger partial charge in [-0.2, -0.15) is 0 Å². The topological polar surface area (TPSA) is 49.4 Å². The Hall–Kier alpha value is -1.62. The molecule has 20 heavy (non-hydrogen) atoms. The summed E-state index contributed by atoms with van der Waals surface area (Å²) in [6.07, 6.45) is 1.18. The molecule has 1 fully saturated rings. The van der Waals surface area contributed by atoms with E-state index in [2.05, 4.69) is 5.32 Å². The zero-order chi connectivity index (χ0) is 14.7. The molecular weight excluding hydrogens is 283 g/mol. The van der Waals surface area contributed by atoms with Crippen LogP contribution in [-0.2, 0) is 4.79 Å². The molecule has 0 bridgehead atoms. The second-order valence-corrected chi connectivity index (χ2v) is 5.24. The Bertz CT molecular complexity index is 528. The van der Waals surface area contributed by atoms with E-state index in [0.29, 0.717) is 31.0 Å². The molecule has 4 nitrogen and oxygen atoms in total. The van der Waals surface area contributed by atoms with Crippen molar-refractivity contribution in [2.24, 2.45) is 5.92 Å². The summed E-state index contributed by atoms with van der Waals surface area (Å²) in [5, 5.41) is 2.94. The summed E-state index contributed by atoms with van der Waals surface area (Å²) in [7, 11) is 1.60. The maximum Gasteiger partial charge on any atom is 0.256 e. The van der Waals surface area contributed by atoms with E-state index in [9.17, 15) is 14.0 Å². The van der Waals surface area contributed by atoms with Gasteiger partial charge in [0.2, 0.25) is 5.91 Å². The Morgan fingerprint density at radius 2 is 2.00 bits per heavy atom. The zero-order valence-electron chi connectivity index (χ0n) is 11.2. The highest BCUT2D eigenvalue weighted by molar-refractivity contribution is 6.31. The summed E-state index contributed by atoms with van der Waals surface area (Å²) in [6.45, 7) is 0.895. The fourth-order valence-corrected chi connectivity index (χ4v) is 2.55. The summed E-state index contributed by atoms with van der Waals surface area (Å²) in [6, 6.07) is 3.93. The molecule has 0 aliphatic carbocycles. The quantitative estimate of drug-likeness (QED) is 0.909. The smallest absolute Gasteiger partial charge is 0.256 e. The minimum Gasteiger partial charge on any atom is -0.359 e. The van der Waals surface area contributed by atoms with Gasteiger partial charge in [0, 0.05) is 31.1 Å². The monoisotopic (exact) mass is 298 g/mol. The number of likely N-dealkylation sites (tertiary alicyclic amines) is 1. The van der Waals surface area contributed by atoms with E-state index < -0.39 is 5.82 Å². The van der Waals surface area contributed by atoms with Gasteiger partial charge in [-0.25, -0.2) is 4.39 Å². The lowest BCUT2D eigenvalue weighted by Crippen LogP contribution is -2.42. The largest absolute Gasteiger partial charge is 0.359 e. The van der Waals surface area contributed by atoms with Crippen molar-refractivity contribution in [2.75, 3.05) is 20.1 Å². The third-order valence-corrected chi connectivity index (χ3v) is 3.79. The fraction of sp³-hybridized carbons (Fsp3) is 0.429. The number of piperidine rings is 1. The van der Waals surface area contributed by atoms with Gasteiger partial charge in [-0.3, -0.25) is 9.59 Å². The van der Waals surface area contributed by atoms with Crippen LogP contribution in [0.1, 0.15) is 23.2 Å². The van der Waals surface area contributed by atoms with Crippen molar-refractivity contribution < 1.29 is 14.0 Å². The predicted molar refractivity (Wildman–Crippen MR) is 74.1 cm³/mol. The van der Waals surface area contributed by atoms with E-state index in [0.717, 1.165) is 0 Å². The van der Waals surface area contributed by atoms with Crippen LogP contribution in [0.4, 0.5) is 4.39 Å². The number of amides is 2. The lowest BCUT2D eigenvalue weighted by molar-refractivity contribution is -0.125. The molecule has 1 saturated heterocycles. The Labute approximate surface area is 121 Å². The highest BCUT2D eigenvalue weighted by atomic mass is 35.5. The Morgan fingerprint density at radius 1 is 1.35 bits per heavy atom. The third kappa shape index (κ3) is 3.10. The molecule has 108 valence electrons. The molecule has 2 rings (SSSR count). The van der Waals surface area contributed by atoms with Gasteiger partial charge in [0.25, 0.3) is 5.91 Å². The Morgan fingerprint density at radius 3 is 2.60 bits per heavy atom. The fourth-order valence-electron chi connectivity index (χ4n) is 2.38. The molecule has 1 aromatic rings. The molecule has 1 N–H and O–H groups in total. The summed E-state index contributed by atoms with van der Waals surface area (Å²) in [5.41, 5.74) is -0.0177. The standard InChI is InChI=1S/C14H16ClFN2O2/c1-17-13(19)9-4-6-18(7-5-9)14(20)11-8-10(15)2-3-12(11)16/h2-3,8-9H,4-7H2,1H3,(H,17,19). The minimum absolute atomic E-state index is 0.00830. The molecule has 0 unspecified atom stereocenters. The number of rotatable bonds is 2. The van der Waals surface area contributed by atoms with Crippen molar-refractivity contribution in [3.63, 3.8) is 0 Å². The van der Waals surface area contributed by atoms with Gasteiger partial charge in [0.15, 0.2) is 0 Å². The average molecular weight is 299 g/mol. The number of halogens is 2. The van der Waals surface area contributed by atoms with Crippen LogP contribution in [0.5, 0.6) is 0 Å². The van der Waals surface area contributed by atoms with E-state index in [4.69, 9.17) is 11.6 Å². The van der Waals surface area contributed by atoms with Crippen molar-refractivity contribution in [3.8, 4) is 0 Å². The van der Waals surface area contributed by atoms with Gasteiger partial charge in [-0.05, 0) is 31.0 Å². The van der Waals surface area contributed by atoms with Gasteiger partial charge in [-0.1, -0.05) is 11.6 Å². The number of benzene rings is 1. The molecule has 1 aliphatic rings. The highest BCUT2D eigenvalue weighted by Crippen LogP contribution is 2.21. The van der Waals surface area contributed by atoms with E-state index in [-0.39, 0.29) is 23.3 Å². The molecule has 1 aliphatic heterocycles. The molecule has 1 aromatic carbocycles. The normalized spacial score (nSPS) is 16.1. The molecule has 2 amide bonds. The lowest BCUT2D eigenvalue weighted by Gasteiger charge is -2.31. The minimum atomic E-state index is -0.576. The molecule has 6 heteroatoms. The lowest BCUT2D eigenvalue weighted by atomic mass is 9.95. The van der Waals surface area contributed by atoms with E-state index in [1.54, 1.807) is 11.9 Å². The molecule has 0 spiro atoms. The Balaban J connectivity index is 2.05. The number of hydrogen-bond acceptors (Lipinski definition) is 2. The first-order chi connectivity index (χ1) is 9.52. The summed E-state index contributed by atoms with van der Waals surface area (Å²) >= 11 is 5.79. The first-order valence-electron chi connectivity index (χ1n) is 6.49. The molecule has 1 heterocycles. The van der Waals surface area contributed by atoms with Gasteiger partial charge in [0.05, 0.1) is 5.56 Å². The maximum absolute atomic E-state index is 13.7. The van der Waals surface area contributed by atoms with Crippen molar-refractivity contribution in [1.29, 1.82) is 0 Å². The summed E-state index contributed by atoms with van der Waals surface area (Å²) in [5.74, 6) is -1.03.